The van der Waals surface area contributed by atoms with Gasteiger partial charge in [-0.25, -0.2) is 4.79 Å². The van der Waals surface area contributed by atoms with Crippen molar-refractivity contribution in [2.24, 2.45) is 7.05 Å². The highest BCUT2D eigenvalue weighted by Crippen LogP contribution is 2.20. The fraction of sp³-hybridized carbons (Fsp3) is 0.533. The smallest absolute Gasteiger partial charge is 0.332 e. The number of anilines is 1. The Morgan fingerprint density at radius 1 is 1.29 bits per heavy atom. The summed E-state index contributed by atoms with van der Waals surface area (Å²) in [4.78, 5) is 31.8. The summed E-state index contributed by atoms with van der Waals surface area (Å²) in [6.45, 7) is 7.09. The minimum Gasteiger partial charge on any atom is -0.395 e. The molecule has 0 unspecified atom stereocenters. The van der Waals surface area contributed by atoms with Crippen molar-refractivity contribution >= 4 is 17.1 Å². The van der Waals surface area contributed by atoms with E-state index >= 15 is 0 Å². The molecule has 1 aliphatic heterocycles. The molecule has 9 heteroatoms. The lowest BCUT2D eigenvalue weighted by molar-refractivity contribution is 0.271. The molecule has 2 aromatic rings. The van der Waals surface area contributed by atoms with Crippen LogP contribution in [0.4, 0.5) is 5.95 Å². The maximum atomic E-state index is 12.8. The first-order valence-electron chi connectivity index (χ1n) is 7.97. The molecule has 3 rings (SSSR count). The second-order valence-electron chi connectivity index (χ2n) is 5.74. The maximum absolute atomic E-state index is 12.8. The minimum absolute atomic E-state index is 0.0380. The fourth-order valence-corrected chi connectivity index (χ4v) is 3.07. The third-order valence-electron chi connectivity index (χ3n) is 4.25. The maximum Gasteiger partial charge on any atom is 0.332 e. The predicted octanol–water partition coefficient (Wildman–Crippen LogP) is -1.52. The largest absolute Gasteiger partial charge is 0.395 e. The fourth-order valence-electron chi connectivity index (χ4n) is 3.07. The highest BCUT2D eigenvalue weighted by molar-refractivity contribution is 5.74. The first kappa shape index (κ1) is 16.5. The van der Waals surface area contributed by atoms with Gasteiger partial charge in [-0.05, 0) is 0 Å². The predicted molar refractivity (Wildman–Crippen MR) is 91.6 cm³/mol. The molecule has 0 amide bonds. The lowest BCUT2D eigenvalue weighted by Crippen LogP contribution is -2.44. The van der Waals surface area contributed by atoms with E-state index in [0.29, 0.717) is 23.7 Å². The van der Waals surface area contributed by atoms with Crippen molar-refractivity contribution in [3.63, 3.8) is 0 Å². The molecule has 1 saturated heterocycles. The average Bonchev–Trinajstić information content (AvgIpc) is 2.98. The quantitative estimate of drug-likeness (QED) is 0.645. The summed E-state index contributed by atoms with van der Waals surface area (Å²) >= 11 is 0. The molecule has 0 bridgehead atoms. The topological polar surface area (TPSA) is 97.3 Å². The van der Waals surface area contributed by atoms with Crippen LogP contribution in [0.15, 0.2) is 22.2 Å². The molecule has 3 heterocycles. The van der Waals surface area contributed by atoms with Crippen LogP contribution in [0.25, 0.3) is 11.2 Å². The highest BCUT2D eigenvalue weighted by Gasteiger charge is 2.23. The second kappa shape index (κ2) is 6.62. The standard InChI is InChI=1S/C15H22N6O3/c1-3-6-20-11-12(17-14(20)19-7-4-16-5-8-19)18(2)15(24)21(9-10-22)13(11)23/h3,16,22H,1,4-10H2,2H3. The van der Waals surface area contributed by atoms with Crippen LogP contribution in [0.5, 0.6) is 0 Å². The van der Waals surface area contributed by atoms with Gasteiger partial charge in [0.05, 0.1) is 13.2 Å². The van der Waals surface area contributed by atoms with Gasteiger partial charge in [0.1, 0.15) is 0 Å². The number of rotatable bonds is 5. The SMILES string of the molecule is C=CCn1c(N2CCNCC2)nc2c1c(=O)n(CCO)c(=O)n2C. The Bertz CT molecular complexity index is 872. The van der Waals surface area contributed by atoms with Gasteiger partial charge < -0.3 is 19.9 Å². The lowest BCUT2D eigenvalue weighted by atomic mass is 10.4. The highest BCUT2D eigenvalue weighted by atomic mass is 16.3. The first-order chi connectivity index (χ1) is 11.6. The van der Waals surface area contributed by atoms with Gasteiger partial charge in [-0.15, -0.1) is 6.58 Å². The van der Waals surface area contributed by atoms with Crippen molar-refractivity contribution < 1.29 is 5.11 Å². The van der Waals surface area contributed by atoms with E-state index in [-0.39, 0.29) is 13.2 Å². The molecule has 1 aliphatic rings. The molecule has 2 N–H and O–H groups in total. The minimum atomic E-state index is -0.475. The van der Waals surface area contributed by atoms with Crippen molar-refractivity contribution in [2.45, 2.75) is 13.1 Å². The van der Waals surface area contributed by atoms with Crippen molar-refractivity contribution in [1.82, 2.24) is 24.0 Å². The number of nitrogens with one attached hydrogen (secondary N) is 1. The zero-order valence-corrected chi connectivity index (χ0v) is 13.7. The van der Waals surface area contributed by atoms with Crippen LogP contribution in [-0.4, -0.2) is 56.6 Å². The van der Waals surface area contributed by atoms with E-state index in [4.69, 9.17) is 5.11 Å². The van der Waals surface area contributed by atoms with Crippen molar-refractivity contribution in [3.8, 4) is 0 Å². The van der Waals surface area contributed by atoms with Crippen LogP contribution in [-0.2, 0) is 20.1 Å². The number of aromatic nitrogens is 4. The van der Waals surface area contributed by atoms with E-state index in [0.717, 1.165) is 30.7 Å². The molecule has 0 radical (unpaired) electrons. The van der Waals surface area contributed by atoms with Gasteiger partial charge in [-0.2, -0.15) is 4.98 Å². The van der Waals surface area contributed by atoms with Crippen molar-refractivity contribution in [2.75, 3.05) is 37.7 Å². The van der Waals surface area contributed by atoms with Crippen LogP contribution in [0.3, 0.4) is 0 Å². The number of imidazole rings is 1. The Balaban J connectivity index is 2.31. The van der Waals surface area contributed by atoms with E-state index in [1.54, 1.807) is 17.7 Å². The summed E-state index contributed by atoms with van der Waals surface area (Å²) in [6, 6.07) is 0. The van der Waals surface area contributed by atoms with E-state index in [1.807, 2.05) is 0 Å². The van der Waals surface area contributed by atoms with Crippen LogP contribution in [0, 0.1) is 0 Å². The Morgan fingerprint density at radius 3 is 2.62 bits per heavy atom. The molecular weight excluding hydrogens is 312 g/mol. The number of aryl methyl sites for hydroxylation is 1. The number of allylic oxidation sites excluding steroid dienone is 1. The van der Waals surface area contributed by atoms with E-state index in [1.165, 1.54) is 4.57 Å². The molecule has 2 aromatic heterocycles. The molecule has 130 valence electrons. The normalized spacial score (nSPS) is 15.2. The Labute approximate surface area is 138 Å². The van der Waals surface area contributed by atoms with Gasteiger partial charge in [0, 0.05) is 39.8 Å². The molecule has 1 fully saturated rings. The van der Waals surface area contributed by atoms with Gasteiger partial charge in [-0.1, -0.05) is 6.08 Å². The molecule has 0 aliphatic carbocycles. The summed E-state index contributed by atoms with van der Waals surface area (Å²) in [6.07, 6.45) is 1.70. The molecular formula is C15H22N6O3. The second-order valence-corrected chi connectivity index (χ2v) is 5.74. The summed E-state index contributed by atoms with van der Waals surface area (Å²) in [5.41, 5.74) is -0.192. The Kier molecular flexibility index (Phi) is 4.54. The number of fused-ring (bicyclic) bond motifs is 1. The summed E-state index contributed by atoms with van der Waals surface area (Å²) in [5.74, 6) is 0.667. The summed E-state index contributed by atoms with van der Waals surface area (Å²) in [5, 5.41) is 12.4. The van der Waals surface area contributed by atoms with E-state index in [2.05, 4.69) is 21.8 Å². The summed E-state index contributed by atoms with van der Waals surface area (Å²) < 4.78 is 4.20. The Hall–Kier alpha value is -2.39. The first-order valence-corrected chi connectivity index (χ1v) is 7.97. The average molecular weight is 334 g/mol. The molecule has 0 aromatic carbocycles. The van der Waals surface area contributed by atoms with Gasteiger partial charge in [0.25, 0.3) is 5.56 Å². The summed E-state index contributed by atoms with van der Waals surface area (Å²) in [7, 11) is 1.59. The molecule has 24 heavy (non-hydrogen) atoms. The third kappa shape index (κ3) is 2.55. The molecule has 0 spiro atoms. The Morgan fingerprint density at radius 2 is 2.00 bits per heavy atom. The number of aliphatic hydroxyl groups excluding tert-OH is 1. The third-order valence-corrected chi connectivity index (χ3v) is 4.25. The van der Waals surface area contributed by atoms with Gasteiger partial charge in [0.15, 0.2) is 11.2 Å². The monoisotopic (exact) mass is 334 g/mol. The van der Waals surface area contributed by atoms with E-state index < -0.39 is 11.2 Å². The van der Waals surface area contributed by atoms with Crippen LogP contribution >= 0.6 is 0 Å². The lowest BCUT2D eigenvalue weighted by Gasteiger charge is -2.28. The van der Waals surface area contributed by atoms with Gasteiger partial charge in [-0.3, -0.25) is 13.9 Å². The zero-order valence-electron chi connectivity index (χ0n) is 13.7. The van der Waals surface area contributed by atoms with E-state index in [9.17, 15) is 9.59 Å². The number of hydrogen-bond acceptors (Lipinski definition) is 6. The van der Waals surface area contributed by atoms with Crippen molar-refractivity contribution in [3.05, 3.63) is 33.5 Å². The van der Waals surface area contributed by atoms with Crippen LogP contribution < -0.4 is 21.5 Å². The number of nitrogens with zero attached hydrogens (tertiary/aromatic N) is 5. The zero-order chi connectivity index (χ0) is 17.3. The number of piperazine rings is 1. The molecule has 0 saturated carbocycles. The van der Waals surface area contributed by atoms with Crippen LogP contribution in [0.1, 0.15) is 0 Å². The molecule has 0 atom stereocenters. The van der Waals surface area contributed by atoms with Gasteiger partial charge in [0.2, 0.25) is 5.95 Å². The molecule has 9 nitrogen and oxygen atoms in total. The number of aliphatic hydroxyl groups is 1. The van der Waals surface area contributed by atoms with Gasteiger partial charge >= 0.3 is 5.69 Å². The van der Waals surface area contributed by atoms with Crippen molar-refractivity contribution in [1.29, 1.82) is 0 Å². The van der Waals surface area contributed by atoms with Crippen LogP contribution in [0.2, 0.25) is 0 Å². The number of hydrogen-bond donors (Lipinski definition) is 2.